The van der Waals surface area contributed by atoms with Gasteiger partial charge in [-0.2, -0.15) is 0 Å². The molecule has 50 heavy (non-hydrogen) atoms. The monoisotopic (exact) mass is 649 g/mol. The quantitative estimate of drug-likeness (QED) is 0.173. The molecule has 0 N–H and O–H groups in total. The van der Waals surface area contributed by atoms with E-state index in [9.17, 15) is 1.37 Å². The Bertz CT molecular complexity index is 3520. The third-order valence-electron chi connectivity index (χ3n) is 9.19. The van der Waals surface area contributed by atoms with Crippen molar-refractivity contribution in [1.29, 1.82) is 0 Å². The summed E-state index contributed by atoms with van der Waals surface area (Å²) < 4.78 is 110. The fraction of sp³-hybridized carbons (Fsp3) is 0. The highest BCUT2D eigenvalue weighted by molar-refractivity contribution is 6.19. The molecule has 0 aliphatic heterocycles. The Hall–Kier alpha value is -6.64. The summed E-state index contributed by atoms with van der Waals surface area (Å²) in [5.41, 5.74) is 3.60. The van der Waals surface area contributed by atoms with Crippen molar-refractivity contribution in [3.05, 3.63) is 188 Å². The van der Waals surface area contributed by atoms with Gasteiger partial charge in [-0.3, -0.25) is 0 Å². The topological polar surface area (TPSA) is 16.4 Å². The van der Waals surface area contributed by atoms with Crippen molar-refractivity contribution in [3.63, 3.8) is 0 Å². The van der Waals surface area contributed by atoms with Crippen LogP contribution in [0.1, 0.15) is 16.4 Å². The summed E-state index contributed by atoms with van der Waals surface area (Å²) in [7, 11) is 0. The third kappa shape index (κ3) is 4.65. The molecule has 9 aromatic carbocycles. The van der Waals surface area contributed by atoms with Gasteiger partial charge in [-0.15, -0.1) is 0 Å². The van der Waals surface area contributed by atoms with Crippen molar-refractivity contribution in [3.8, 4) is 22.3 Å². The van der Waals surface area contributed by atoms with E-state index >= 15 is 0 Å². The molecule has 10 aromatic rings. The first-order valence-corrected chi connectivity index (χ1v) is 16.1. The highest BCUT2D eigenvalue weighted by Gasteiger charge is 2.15. The predicted molar refractivity (Wildman–Crippen MR) is 212 cm³/mol. The molecule has 234 valence electrons. The van der Waals surface area contributed by atoms with Crippen LogP contribution >= 0.6 is 0 Å². The van der Waals surface area contributed by atoms with Gasteiger partial charge in [0.2, 0.25) is 0 Å². The summed E-state index contributed by atoms with van der Waals surface area (Å²) in [4.78, 5) is 1.62. The molecule has 1 heterocycles. The molecule has 10 rings (SSSR count). The summed E-state index contributed by atoms with van der Waals surface area (Å²) >= 11 is 0. The Kier molecular flexibility index (Phi) is 4.32. The molecule has 1 aromatic heterocycles. The van der Waals surface area contributed by atoms with Crippen molar-refractivity contribution in [1.82, 2.24) is 0 Å². The zero-order valence-corrected chi connectivity index (χ0v) is 26.3. The van der Waals surface area contributed by atoms with E-state index in [0.717, 1.165) is 32.7 Å². The van der Waals surface area contributed by atoms with E-state index in [1.165, 1.54) is 0 Å². The SMILES string of the molecule is [2H]c1c([2H])c([2H])c(N(c2ccc(-c3ccc4c([2H])c([2H])c5oc6c([2H])c([2H])c([2H])c([2H])c6c5c4c3[2H])cc2)c2ccc(-c3cc4ccccc4c4ccccc34)cc2)c([2H])c1[2H]. The van der Waals surface area contributed by atoms with Crippen molar-refractivity contribution >= 4 is 71.3 Å². The number of hydrogen-bond acceptors (Lipinski definition) is 2. The number of furan rings is 1. The van der Waals surface area contributed by atoms with Crippen LogP contribution in [0.4, 0.5) is 17.1 Å². The lowest BCUT2D eigenvalue weighted by molar-refractivity contribution is 0.669. The summed E-state index contributed by atoms with van der Waals surface area (Å²) in [6.45, 7) is 0. The molecule has 2 nitrogen and oxygen atoms in total. The average molecular weight is 650 g/mol. The summed E-state index contributed by atoms with van der Waals surface area (Å²) in [5, 5.41) is 5.04. The molecular weight excluding hydrogens is 607 g/mol. The van der Waals surface area contributed by atoms with Crippen LogP contribution in [-0.2, 0) is 0 Å². The Balaban J connectivity index is 1.13. The fourth-order valence-corrected chi connectivity index (χ4v) is 6.87. The first-order valence-electron chi connectivity index (χ1n) is 22.1. The van der Waals surface area contributed by atoms with Crippen molar-refractivity contribution in [2.24, 2.45) is 0 Å². The van der Waals surface area contributed by atoms with E-state index in [-0.39, 0.29) is 74.7 Å². The Labute approximate surface area is 306 Å². The smallest absolute Gasteiger partial charge is 0.136 e. The van der Waals surface area contributed by atoms with Gasteiger partial charge in [-0.1, -0.05) is 127 Å². The summed E-state index contributed by atoms with van der Waals surface area (Å²) in [5.74, 6) is 0. The fourth-order valence-electron chi connectivity index (χ4n) is 6.87. The van der Waals surface area contributed by atoms with Gasteiger partial charge < -0.3 is 9.32 Å². The number of nitrogens with zero attached hydrogens (tertiary/aromatic N) is 1. The Morgan fingerprint density at radius 3 is 1.88 bits per heavy atom. The van der Waals surface area contributed by atoms with Gasteiger partial charge in [0.1, 0.15) is 11.2 Å². The van der Waals surface area contributed by atoms with Crippen LogP contribution in [0.25, 0.3) is 76.5 Å². The van der Waals surface area contributed by atoms with Crippen molar-refractivity contribution < 1.29 is 20.9 Å². The molecule has 0 saturated heterocycles. The first-order chi connectivity index (χ1) is 29.8. The lowest BCUT2D eigenvalue weighted by Gasteiger charge is -2.26. The Morgan fingerprint density at radius 2 is 1.08 bits per heavy atom. The van der Waals surface area contributed by atoms with Gasteiger partial charge in [0, 0.05) is 27.8 Å². The minimum Gasteiger partial charge on any atom is -0.456 e. The molecule has 0 atom stereocenters. The minimum absolute atomic E-state index is 0.0274. The molecular formula is C48H31NO. The van der Waals surface area contributed by atoms with E-state index in [1.54, 1.807) is 41.3 Å². The van der Waals surface area contributed by atoms with Gasteiger partial charge >= 0.3 is 0 Å². The normalized spacial score (nSPS) is 15.0. The predicted octanol–water partition coefficient (Wildman–Crippen LogP) is 13.8. The van der Waals surface area contributed by atoms with Gasteiger partial charge in [0.25, 0.3) is 0 Å². The average Bonchev–Trinajstić information content (AvgIpc) is 3.70. The number of rotatable bonds is 5. The number of hydrogen-bond donors (Lipinski definition) is 0. The lowest BCUT2D eigenvalue weighted by Crippen LogP contribution is -2.09. The highest BCUT2D eigenvalue weighted by Crippen LogP contribution is 2.40. The van der Waals surface area contributed by atoms with E-state index < -0.39 is 36.3 Å². The summed E-state index contributed by atoms with van der Waals surface area (Å²) in [6.07, 6.45) is 0. The maximum absolute atomic E-state index is 9.48. The maximum Gasteiger partial charge on any atom is 0.136 e. The van der Waals surface area contributed by atoms with Crippen LogP contribution in [0, 0.1) is 0 Å². The van der Waals surface area contributed by atoms with E-state index in [4.69, 9.17) is 19.5 Å². The van der Waals surface area contributed by atoms with Gasteiger partial charge in [0.15, 0.2) is 0 Å². The summed E-state index contributed by atoms with van der Waals surface area (Å²) in [6, 6.07) is 31.8. The third-order valence-corrected chi connectivity index (χ3v) is 9.19. The van der Waals surface area contributed by atoms with Crippen LogP contribution in [0.3, 0.4) is 0 Å². The highest BCUT2D eigenvalue weighted by atomic mass is 16.3. The second-order valence-corrected chi connectivity index (χ2v) is 12.0. The molecule has 0 saturated carbocycles. The van der Waals surface area contributed by atoms with Crippen LogP contribution in [-0.4, -0.2) is 0 Å². The van der Waals surface area contributed by atoms with Crippen molar-refractivity contribution in [2.75, 3.05) is 4.90 Å². The number of fused-ring (bicyclic) bond motifs is 8. The van der Waals surface area contributed by atoms with Crippen LogP contribution in [0.5, 0.6) is 0 Å². The zero-order chi connectivity index (χ0) is 43.5. The van der Waals surface area contributed by atoms with E-state index in [0.29, 0.717) is 22.5 Å². The number of para-hydroxylation sites is 2. The molecule has 0 spiro atoms. The number of anilines is 3. The van der Waals surface area contributed by atoms with Crippen molar-refractivity contribution in [2.45, 2.75) is 0 Å². The Morgan fingerprint density at radius 1 is 0.420 bits per heavy atom. The lowest BCUT2D eigenvalue weighted by atomic mass is 9.93. The molecule has 0 fully saturated rings. The molecule has 2 heteroatoms. The maximum atomic E-state index is 9.48. The van der Waals surface area contributed by atoms with Gasteiger partial charge in [0.05, 0.1) is 16.4 Å². The van der Waals surface area contributed by atoms with Crippen LogP contribution < -0.4 is 4.90 Å². The van der Waals surface area contributed by atoms with Gasteiger partial charge in [-0.05, 0) is 115 Å². The molecule has 0 aliphatic carbocycles. The minimum atomic E-state index is -0.514. The first kappa shape index (κ1) is 18.8. The van der Waals surface area contributed by atoms with Crippen LogP contribution in [0.15, 0.2) is 192 Å². The second kappa shape index (κ2) is 11.5. The molecule has 0 aliphatic rings. The zero-order valence-electron chi connectivity index (χ0n) is 38.3. The van der Waals surface area contributed by atoms with Crippen LogP contribution in [0.2, 0.25) is 0 Å². The largest absolute Gasteiger partial charge is 0.456 e. The second-order valence-electron chi connectivity index (χ2n) is 12.0. The molecule has 0 bridgehead atoms. The molecule has 0 radical (unpaired) electrons. The molecule has 0 amide bonds. The van der Waals surface area contributed by atoms with E-state index in [1.807, 2.05) is 48.5 Å². The number of benzene rings is 9. The van der Waals surface area contributed by atoms with Gasteiger partial charge in [-0.25, -0.2) is 0 Å². The molecule has 0 unspecified atom stereocenters. The van der Waals surface area contributed by atoms with E-state index in [2.05, 4.69) is 30.3 Å². The standard InChI is InChI=1S/C48H31NO/c1-2-11-37(12-3-1)49(39-27-22-33(23-28-39)44-31-36-10-4-5-13-40(36)41-14-6-7-15-42(41)44)38-25-20-32(21-26-38)35-19-18-34-24-29-47-48(45(34)30-35)43-16-8-9-17-46(43)50-47/h1-31H/i1D,2D,3D,8D,9D,11D,12D,16D,17D,24D,29D,30D.